The third-order valence-corrected chi connectivity index (χ3v) is 3.58. The highest BCUT2D eigenvalue weighted by atomic mass is 79.9. The van der Waals surface area contributed by atoms with E-state index in [1.807, 2.05) is 26.0 Å². The molecule has 0 aliphatic carbocycles. The standard InChI is InChI=1S/C13H16Br2O/c1-9-7-11(15)8-10(2)13(9)12(16)5-3-4-6-14/h7-8H,3-6H2,1-2H3. The first-order valence-corrected chi connectivity index (χ1v) is 7.33. The Labute approximate surface area is 114 Å². The maximum absolute atomic E-state index is 12.0. The second-order valence-corrected chi connectivity index (χ2v) is 5.69. The average Bonchev–Trinajstić information content (AvgIpc) is 2.16. The van der Waals surface area contributed by atoms with Gasteiger partial charge in [0, 0.05) is 21.8 Å². The molecule has 1 aromatic rings. The number of unbranched alkanes of at least 4 members (excludes halogenated alkanes) is 1. The van der Waals surface area contributed by atoms with E-state index in [1.54, 1.807) is 0 Å². The largest absolute Gasteiger partial charge is 0.294 e. The zero-order valence-corrected chi connectivity index (χ0v) is 12.8. The van der Waals surface area contributed by atoms with E-state index in [2.05, 4.69) is 31.9 Å². The van der Waals surface area contributed by atoms with E-state index in [9.17, 15) is 4.79 Å². The third-order valence-electron chi connectivity index (χ3n) is 2.56. The molecule has 0 radical (unpaired) electrons. The van der Waals surface area contributed by atoms with E-state index in [4.69, 9.17) is 0 Å². The minimum Gasteiger partial charge on any atom is -0.294 e. The normalized spacial score (nSPS) is 10.5. The molecular formula is C13H16Br2O. The molecule has 1 aromatic carbocycles. The predicted octanol–water partition coefficient (Wildman–Crippen LogP) is 4.81. The van der Waals surface area contributed by atoms with Gasteiger partial charge in [0.25, 0.3) is 0 Å². The minimum atomic E-state index is 0.267. The highest BCUT2D eigenvalue weighted by molar-refractivity contribution is 9.10. The maximum Gasteiger partial charge on any atom is 0.163 e. The van der Waals surface area contributed by atoms with Crippen LogP contribution in [0.1, 0.15) is 40.7 Å². The van der Waals surface area contributed by atoms with Gasteiger partial charge in [-0.1, -0.05) is 31.9 Å². The number of carbonyl (C=O) groups is 1. The Morgan fingerprint density at radius 3 is 2.25 bits per heavy atom. The zero-order valence-electron chi connectivity index (χ0n) is 9.65. The number of Topliss-reactive ketones (excluding diaryl/α,β-unsaturated/α-hetero) is 1. The van der Waals surface area contributed by atoms with Crippen LogP contribution in [0.3, 0.4) is 0 Å². The summed E-state index contributed by atoms with van der Waals surface area (Å²) < 4.78 is 1.04. The molecule has 0 unspecified atom stereocenters. The summed E-state index contributed by atoms with van der Waals surface area (Å²) in [6.45, 7) is 3.99. The lowest BCUT2D eigenvalue weighted by atomic mass is 9.96. The van der Waals surface area contributed by atoms with Crippen LogP contribution in [0.4, 0.5) is 0 Å². The molecule has 0 fully saturated rings. The summed E-state index contributed by atoms with van der Waals surface area (Å²) in [5.74, 6) is 0.267. The molecule has 0 spiro atoms. The van der Waals surface area contributed by atoms with Crippen molar-refractivity contribution in [2.45, 2.75) is 33.1 Å². The van der Waals surface area contributed by atoms with Crippen molar-refractivity contribution in [3.63, 3.8) is 0 Å². The molecule has 0 heterocycles. The topological polar surface area (TPSA) is 17.1 Å². The number of ketones is 1. The van der Waals surface area contributed by atoms with Crippen LogP contribution in [0.25, 0.3) is 0 Å². The Bertz CT molecular complexity index is 363. The van der Waals surface area contributed by atoms with Crippen molar-refractivity contribution in [3.8, 4) is 0 Å². The molecular weight excluding hydrogens is 332 g/mol. The van der Waals surface area contributed by atoms with Crippen molar-refractivity contribution in [2.24, 2.45) is 0 Å². The summed E-state index contributed by atoms with van der Waals surface area (Å²) in [5, 5.41) is 0.971. The highest BCUT2D eigenvalue weighted by Crippen LogP contribution is 2.22. The molecule has 1 nitrogen and oxygen atoms in total. The van der Waals surface area contributed by atoms with Gasteiger partial charge < -0.3 is 0 Å². The molecule has 1 rings (SSSR count). The van der Waals surface area contributed by atoms with Crippen molar-refractivity contribution < 1.29 is 4.79 Å². The van der Waals surface area contributed by atoms with E-state index in [0.29, 0.717) is 6.42 Å². The zero-order chi connectivity index (χ0) is 12.1. The molecule has 0 aliphatic heterocycles. The van der Waals surface area contributed by atoms with Crippen LogP contribution in [-0.2, 0) is 0 Å². The lowest BCUT2D eigenvalue weighted by Gasteiger charge is -2.09. The van der Waals surface area contributed by atoms with Crippen molar-refractivity contribution >= 4 is 37.6 Å². The lowest BCUT2D eigenvalue weighted by molar-refractivity contribution is 0.0978. The van der Waals surface area contributed by atoms with Gasteiger partial charge in [-0.3, -0.25) is 4.79 Å². The maximum atomic E-state index is 12.0. The number of halogens is 2. The van der Waals surface area contributed by atoms with E-state index in [-0.39, 0.29) is 5.78 Å². The first-order chi connectivity index (χ1) is 7.56. The van der Waals surface area contributed by atoms with Crippen molar-refractivity contribution in [2.75, 3.05) is 5.33 Å². The number of hydrogen-bond acceptors (Lipinski definition) is 1. The summed E-state index contributed by atoms with van der Waals surface area (Å²) in [7, 11) is 0. The predicted molar refractivity (Wildman–Crippen MR) is 75.6 cm³/mol. The second-order valence-electron chi connectivity index (χ2n) is 3.98. The molecule has 3 heteroatoms. The van der Waals surface area contributed by atoms with E-state index in [0.717, 1.165) is 39.3 Å². The highest BCUT2D eigenvalue weighted by Gasteiger charge is 2.12. The molecule has 0 N–H and O–H groups in total. The number of alkyl halides is 1. The third kappa shape index (κ3) is 3.70. The van der Waals surface area contributed by atoms with Gasteiger partial charge in [0.15, 0.2) is 5.78 Å². The monoisotopic (exact) mass is 346 g/mol. The van der Waals surface area contributed by atoms with E-state index < -0.39 is 0 Å². The Kier molecular flexibility index (Phi) is 5.70. The molecule has 0 atom stereocenters. The van der Waals surface area contributed by atoms with E-state index in [1.165, 1.54) is 0 Å². The van der Waals surface area contributed by atoms with Gasteiger partial charge in [-0.05, 0) is 49.9 Å². The van der Waals surface area contributed by atoms with Gasteiger partial charge in [-0.2, -0.15) is 0 Å². The summed E-state index contributed by atoms with van der Waals surface area (Å²) in [4.78, 5) is 12.0. The van der Waals surface area contributed by atoms with Crippen LogP contribution in [0, 0.1) is 13.8 Å². The fraction of sp³-hybridized carbons (Fsp3) is 0.462. The first kappa shape index (κ1) is 13.9. The second kappa shape index (κ2) is 6.55. The van der Waals surface area contributed by atoms with Crippen molar-refractivity contribution in [3.05, 3.63) is 33.3 Å². The molecule has 0 aromatic heterocycles. The van der Waals surface area contributed by atoms with Crippen molar-refractivity contribution in [1.29, 1.82) is 0 Å². The van der Waals surface area contributed by atoms with Gasteiger partial charge in [-0.15, -0.1) is 0 Å². The molecule has 0 saturated carbocycles. The molecule has 0 aliphatic rings. The average molecular weight is 348 g/mol. The Morgan fingerprint density at radius 2 is 1.75 bits per heavy atom. The van der Waals surface area contributed by atoms with Gasteiger partial charge in [0.1, 0.15) is 0 Å². The van der Waals surface area contributed by atoms with Gasteiger partial charge in [0.05, 0.1) is 0 Å². The van der Waals surface area contributed by atoms with Crippen LogP contribution in [0.5, 0.6) is 0 Å². The smallest absolute Gasteiger partial charge is 0.163 e. The lowest BCUT2D eigenvalue weighted by Crippen LogP contribution is -2.04. The SMILES string of the molecule is Cc1cc(Br)cc(C)c1C(=O)CCCCBr. The Morgan fingerprint density at radius 1 is 1.19 bits per heavy atom. The van der Waals surface area contributed by atoms with Crippen LogP contribution in [0.2, 0.25) is 0 Å². The first-order valence-electron chi connectivity index (χ1n) is 5.42. The minimum absolute atomic E-state index is 0.267. The molecule has 0 saturated heterocycles. The van der Waals surface area contributed by atoms with Gasteiger partial charge >= 0.3 is 0 Å². The van der Waals surface area contributed by atoms with Crippen LogP contribution >= 0.6 is 31.9 Å². The van der Waals surface area contributed by atoms with Gasteiger partial charge in [-0.25, -0.2) is 0 Å². The van der Waals surface area contributed by atoms with Crippen LogP contribution in [0.15, 0.2) is 16.6 Å². The van der Waals surface area contributed by atoms with Crippen LogP contribution in [-0.4, -0.2) is 11.1 Å². The number of rotatable bonds is 5. The van der Waals surface area contributed by atoms with Gasteiger partial charge in [0.2, 0.25) is 0 Å². The number of aryl methyl sites for hydroxylation is 2. The molecule has 16 heavy (non-hydrogen) atoms. The summed E-state index contributed by atoms with van der Waals surface area (Å²) >= 11 is 6.82. The number of carbonyl (C=O) groups excluding carboxylic acids is 1. The van der Waals surface area contributed by atoms with Crippen molar-refractivity contribution in [1.82, 2.24) is 0 Å². The molecule has 0 bridgehead atoms. The summed E-state index contributed by atoms with van der Waals surface area (Å²) in [5.41, 5.74) is 3.03. The molecule has 88 valence electrons. The van der Waals surface area contributed by atoms with E-state index >= 15 is 0 Å². The Balaban J connectivity index is 2.83. The summed E-state index contributed by atoms with van der Waals surface area (Å²) in [6, 6.07) is 4.01. The molecule has 0 amide bonds. The Hall–Kier alpha value is -0.150. The summed E-state index contributed by atoms with van der Waals surface area (Å²) in [6.07, 6.45) is 2.66. The number of hydrogen-bond donors (Lipinski definition) is 0. The fourth-order valence-electron chi connectivity index (χ4n) is 1.86. The fourth-order valence-corrected chi connectivity index (χ4v) is 2.94. The van der Waals surface area contributed by atoms with Crippen LogP contribution < -0.4 is 0 Å². The quantitative estimate of drug-likeness (QED) is 0.424. The number of benzene rings is 1.